The molecule has 1 aliphatic heterocycles. The summed E-state index contributed by atoms with van der Waals surface area (Å²) >= 11 is 0. The topological polar surface area (TPSA) is 22.0 Å². The molecule has 0 saturated carbocycles. The van der Waals surface area contributed by atoms with E-state index in [4.69, 9.17) is 0 Å². The van der Waals surface area contributed by atoms with Gasteiger partial charge in [-0.25, -0.2) is 0 Å². The third kappa shape index (κ3) is 1.11. The molecule has 0 atom stereocenters. The van der Waals surface area contributed by atoms with Crippen LogP contribution in [0.25, 0.3) is 6.08 Å². The van der Waals surface area contributed by atoms with Crippen molar-refractivity contribution < 1.29 is 4.79 Å². The molecule has 2 heteroatoms. The van der Waals surface area contributed by atoms with E-state index < -0.39 is 0 Å². The number of hydrogen-bond acceptors (Lipinski definition) is 1. The molecule has 1 aromatic heterocycles. The van der Waals surface area contributed by atoms with Crippen molar-refractivity contribution in [3.8, 4) is 0 Å². The molecule has 11 heavy (non-hydrogen) atoms. The van der Waals surface area contributed by atoms with E-state index in [1.807, 2.05) is 24.4 Å². The Morgan fingerprint density at radius 1 is 1.36 bits per heavy atom. The summed E-state index contributed by atoms with van der Waals surface area (Å²) < 4.78 is 2.08. The average molecular weight is 147 g/mol. The van der Waals surface area contributed by atoms with Crippen LogP contribution in [-0.2, 0) is 11.3 Å². The van der Waals surface area contributed by atoms with E-state index in [9.17, 15) is 4.79 Å². The molecule has 56 valence electrons. The minimum Gasteiger partial charge on any atom is -0.348 e. The Labute approximate surface area is 65.1 Å². The fraction of sp³-hybridized carbons (Fsp3) is 0.222. The molecular weight excluding hydrogens is 138 g/mol. The number of carbonyl (C=O) groups excluding carboxylic acids is 1. The molecule has 2 heterocycles. The second-order valence-electron chi connectivity index (χ2n) is 2.68. The smallest absolute Gasteiger partial charge is 0.157 e. The third-order valence-electron chi connectivity index (χ3n) is 1.90. The van der Waals surface area contributed by atoms with E-state index in [0.717, 1.165) is 12.2 Å². The first-order valence-corrected chi connectivity index (χ1v) is 3.72. The molecule has 0 bridgehead atoms. The van der Waals surface area contributed by atoms with Crippen LogP contribution in [0.2, 0.25) is 0 Å². The number of allylic oxidation sites excluding steroid dienone is 1. The second kappa shape index (κ2) is 2.38. The van der Waals surface area contributed by atoms with Crippen LogP contribution >= 0.6 is 0 Å². The molecule has 0 saturated heterocycles. The van der Waals surface area contributed by atoms with Gasteiger partial charge in [0.1, 0.15) is 0 Å². The first-order chi connectivity index (χ1) is 5.36. The first-order valence-electron chi connectivity index (χ1n) is 3.72. The predicted molar refractivity (Wildman–Crippen MR) is 43.1 cm³/mol. The summed E-state index contributed by atoms with van der Waals surface area (Å²) in [5, 5.41) is 0. The quantitative estimate of drug-likeness (QED) is 0.544. The maximum atomic E-state index is 10.9. The highest BCUT2D eigenvalue weighted by atomic mass is 16.1. The number of aromatic nitrogens is 1. The van der Waals surface area contributed by atoms with Crippen LogP contribution in [-0.4, -0.2) is 10.4 Å². The largest absolute Gasteiger partial charge is 0.348 e. The van der Waals surface area contributed by atoms with Gasteiger partial charge >= 0.3 is 0 Å². The van der Waals surface area contributed by atoms with Crippen molar-refractivity contribution >= 4 is 11.9 Å². The van der Waals surface area contributed by atoms with E-state index in [1.54, 1.807) is 6.08 Å². The lowest BCUT2D eigenvalue weighted by Crippen LogP contribution is -1.99. The molecule has 1 aromatic rings. The Hall–Kier alpha value is -1.31. The van der Waals surface area contributed by atoms with E-state index in [0.29, 0.717) is 6.42 Å². The SMILES string of the molecule is O=C1C=Cc2cccn2CC1. The lowest BCUT2D eigenvalue weighted by atomic mass is 10.3. The Kier molecular flexibility index (Phi) is 1.39. The van der Waals surface area contributed by atoms with Crippen molar-refractivity contribution in [2.75, 3.05) is 0 Å². The summed E-state index contributed by atoms with van der Waals surface area (Å²) in [6.45, 7) is 0.814. The van der Waals surface area contributed by atoms with Crippen molar-refractivity contribution in [2.45, 2.75) is 13.0 Å². The zero-order valence-electron chi connectivity index (χ0n) is 6.16. The van der Waals surface area contributed by atoms with Gasteiger partial charge in [-0.05, 0) is 24.3 Å². The van der Waals surface area contributed by atoms with Crippen LogP contribution in [0.4, 0.5) is 0 Å². The molecule has 2 rings (SSSR count). The van der Waals surface area contributed by atoms with Crippen LogP contribution < -0.4 is 0 Å². The maximum absolute atomic E-state index is 10.9. The van der Waals surface area contributed by atoms with Crippen molar-refractivity contribution in [3.63, 3.8) is 0 Å². The normalized spacial score (nSPS) is 16.2. The van der Waals surface area contributed by atoms with Gasteiger partial charge in [-0.1, -0.05) is 0 Å². The monoisotopic (exact) mass is 147 g/mol. The van der Waals surface area contributed by atoms with Crippen molar-refractivity contribution in [1.82, 2.24) is 4.57 Å². The Morgan fingerprint density at radius 2 is 2.27 bits per heavy atom. The van der Waals surface area contributed by atoms with Gasteiger partial charge in [-0.2, -0.15) is 0 Å². The molecule has 0 spiro atoms. The molecule has 0 aliphatic carbocycles. The van der Waals surface area contributed by atoms with Crippen LogP contribution in [0.15, 0.2) is 24.4 Å². The molecular formula is C9H9NO. The van der Waals surface area contributed by atoms with Crippen LogP contribution in [0.1, 0.15) is 12.1 Å². The highest BCUT2D eigenvalue weighted by Gasteiger charge is 2.04. The van der Waals surface area contributed by atoms with Crippen LogP contribution in [0.5, 0.6) is 0 Å². The molecule has 0 N–H and O–H groups in total. The molecule has 0 fully saturated rings. The van der Waals surface area contributed by atoms with Crippen molar-refractivity contribution in [3.05, 3.63) is 30.1 Å². The molecule has 0 aromatic carbocycles. The fourth-order valence-corrected chi connectivity index (χ4v) is 1.27. The van der Waals surface area contributed by atoms with E-state index in [1.165, 1.54) is 0 Å². The molecule has 0 radical (unpaired) electrons. The Morgan fingerprint density at radius 3 is 3.18 bits per heavy atom. The minimum absolute atomic E-state index is 0.216. The van der Waals surface area contributed by atoms with Crippen LogP contribution in [0, 0.1) is 0 Å². The summed E-state index contributed by atoms with van der Waals surface area (Å²) in [5.74, 6) is 0.216. The molecule has 2 nitrogen and oxygen atoms in total. The van der Waals surface area contributed by atoms with Gasteiger partial charge < -0.3 is 4.57 Å². The zero-order chi connectivity index (χ0) is 7.68. The predicted octanol–water partition coefficient (Wildman–Crippen LogP) is 1.47. The summed E-state index contributed by atoms with van der Waals surface area (Å²) in [5.41, 5.74) is 1.12. The minimum atomic E-state index is 0.216. The summed E-state index contributed by atoms with van der Waals surface area (Å²) in [6, 6.07) is 4.00. The standard InChI is InChI=1S/C9H9NO/c11-9-4-3-8-2-1-6-10(8)7-5-9/h1-4,6H,5,7H2. The third-order valence-corrected chi connectivity index (χ3v) is 1.90. The van der Waals surface area contributed by atoms with Gasteiger partial charge in [-0.3, -0.25) is 4.79 Å². The van der Waals surface area contributed by atoms with Crippen LogP contribution in [0.3, 0.4) is 0 Å². The highest BCUT2D eigenvalue weighted by molar-refractivity contribution is 5.93. The van der Waals surface area contributed by atoms with E-state index >= 15 is 0 Å². The number of fused-ring (bicyclic) bond motifs is 1. The first kappa shape index (κ1) is 6.40. The van der Waals surface area contributed by atoms with Crippen molar-refractivity contribution in [2.24, 2.45) is 0 Å². The number of ketones is 1. The summed E-state index contributed by atoms with van der Waals surface area (Å²) in [7, 11) is 0. The number of hydrogen-bond donors (Lipinski definition) is 0. The number of nitrogens with zero attached hydrogens (tertiary/aromatic N) is 1. The lowest BCUT2D eigenvalue weighted by molar-refractivity contribution is -0.114. The average Bonchev–Trinajstić information content (AvgIpc) is 2.38. The zero-order valence-corrected chi connectivity index (χ0v) is 6.16. The van der Waals surface area contributed by atoms with Gasteiger partial charge in [0.2, 0.25) is 0 Å². The maximum Gasteiger partial charge on any atom is 0.157 e. The van der Waals surface area contributed by atoms with Gasteiger partial charge in [-0.15, -0.1) is 0 Å². The molecule has 1 aliphatic rings. The lowest BCUT2D eigenvalue weighted by Gasteiger charge is -1.99. The van der Waals surface area contributed by atoms with Crippen molar-refractivity contribution in [1.29, 1.82) is 0 Å². The summed E-state index contributed by atoms with van der Waals surface area (Å²) in [6.07, 6.45) is 6.14. The second-order valence-corrected chi connectivity index (χ2v) is 2.68. The summed E-state index contributed by atoms with van der Waals surface area (Å²) in [4.78, 5) is 10.9. The number of rotatable bonds is 0. The molecule has 0 amide bonds. The molecule has 0 unspecified atom stereocenters. The highest BCUT2D eigenvalue weighted by Crippen LogP contribution is 2.09. The van der Waals surface area contributed by atoms with E-state index in [2.05, 4.69) is 4.57 Å². The Bertz CT molecular complexity index is 309. The van der Waals surface area contributed by atoms with Gasteiger partial charge in [0, 0.05) is 24.9 Å². The van der Waals surface area contributed by atoms with Gasteiger partial charge in [0.05, 0.1) is 0 Å². The van der Waals surface area contributed by atoms with Gasteiger partial charge in [0.15, 0.2) is 5.78 Å². The fourth-order valence-electron chi connectivity index (χ4n) is 1.27. The Balaban J connectivity index is 2.42. The number of aryl methyl sites for hydroxylation is 1. The van der Waals surface area contributed by atoms with Gasteiger partial charge in [0.25, 0.3) is 0 Å². The number of carbonyl (C=O) groups is 1. The van der Waals surface area contributed by atoms with E-state index in [-0.39, 0.29) is 5.78 Å².